The molecule has 3 aliphatic heterocycles. The van der Waals surface area contributed by atoms with E-state index in [4.69, 9.17) is 14.7 Å². The maximum atomic E-state index is 6.37. The van der Waals surface area contributed by atoms with Crippen molar-refractivity contribution in [3.63, 3.8) is 0 Å². The van der Waals surface area contributed by atoms with Crippen molar-refractivity contribution in [2.24, 2.45) is 0 Å². The summed E-state index contributed by atoms with van der Waals surface area (Å²) >= 11 is 0. The lowest BCUT2D eigenvalue weighted by Crippen LogP contribution is -2.37. The van der Waals surface area contributed by atoms with Gasteiger partial charge in [0.25, 0.3) is 0 Å². The van der Waals surface area contributed by atoms with Gasteiger partial charge in [-0.05, 0) is 154 Å². The number of fused-ring (bicyclic) bond motifs is 13. The summed E-state index contributed by atoms with van der Waals surface area (Å²) in [6, 6.07) is 85.5. The van der Waals surface area contributed by atoms with Crippen molar-refractivity contribution in [2.75, 3.05) is 14.7 Å². The van der Waals surface area contributed by atoms with Crippen molar-refractivity contribution in [3.05, 3.63) is 283 Å². The maximum absolute atomic E-state index is 6.37. The van der Waals surface area contributed by atoms with Crippen molar-refractivity contribution >= 4 is 51.2 Å². The molecule has 350 valence electrons. The normalized spacial score (nSPS) is 14.6. The van der Waals surface area contributed by atoms with Gasteiger partial charge in [-0.25, -0.2) is 0 Å². The van der Waals surface area contributed by atoms with Gasteiger partial charge in [-0.2, -0.15) is 0 Å². The van der Waals surface area contributed by atoms with Crippen molar-refractivity contribution in [1.82, 2.24) is 9.97 Å². The summed E-state index contributed by atoms with van der Waals surface area (Å²) in [5.41, 5.74) is 22.4. The van der Waals surface area contributed by atoms with Crippen LogP contribution in [0.15, 0.2) is 249 Å². The van der Waals surface area contributed by atoms with E-state index in [2.05, 4.69) is 241 Å². The molecule has 0 saturated carbocycles. The molecule has 0 amide bonds. The number of benzene rings is 9. The number of pyridine rings is 2. The van der Waals surface area contributed by atoms with Crippen LogP contribution in [0.2, 0.25) is 0 Å². The van der Waals surface area contributed by atoms with Gasteiger partial charge in [0, 0.05) is 46.0 Å². The van der Waals surface area contributed by atoms with E-state index >= 15 is 0 Å². The molecule has 0 bridgehead atoms. The molecule has 6 heteroatoms. The van der Waals surface area contributed by atoms with Gasteiger partial charge in [0.1, 0.15) is 5.41 Å². The molecule has 0 fully saturated rings. The van der Waals surface area contributed by atoms with Crippen LogP contribution in [-0.4, -0.2) is 9.97 Å². The highest BCUT2D eigenvalue weighted by Gasteiger charge is 2.54. The van der Waals surface area contributed by atoms with Crippen LogP contribution in [-0.2, 0) is 10.8 Å². The number of ether oxygens (including phenoxy) is 1. The highest BCUT2D eigenvalue weighted by molar-refractivity contribution is 5.97. The number of aromatic nitrogens is 2. The lowest BCUT2D eigenvalue weighted by Gasteiger charge is -2.44. The van der Waals surface area contributed by atoms with Crippen LogP contribution >= 0.6 is 0 Å². The Morgan fingerprint density at radius 3 is 1.19 bits per heavy atom. The van der Waals surface area contributed by atoms with E-state index in [1.165, 1.54) is 22.5 Å². The molecule has 1 aliphatic carbocycles. The second-order valence-corrected chi connectivity index (χ2v) is 20.1. The fourth-order valence-electron chi connectivity index (χ4n) is 12.6. The number of nitrogens with zero attached hydrogens (tertiary/aromatic N) is 5. The second kappa shape index (κ2) is 16.0. The standard InChI is InChI=1S/C68H47N5O/c1-67(2)53-20-6-8-22-57(53)72(58-23-9-7-21-54(58)67)49-34-28-44(29-35-49)46-32-38-59-55(42-46)68(65-51(18-14-40-69-65)52-19-15-41-70-66(52)68)56-43-47(33-39-60(56)71(59)48-16-4-3-5-17-48)45-30-36-50(37-31-45)73-61-24-10-12-26-63(61)74-64-27-13-11-25-62(64)73/h3-43H,1-2H3. The lowest BCUT2D eigenvalue weighted by molar-refractivity contribution is 0.477. The molecule has 4 aliphatic rings. The summed E-state index contributed by atoms with van der Waals surface area (Å²) in [4.78, 5) is 17.9. The first kappa shape index (κ1) is 42.2. The molecule has 1 spiro atoms. The minimum Gasteiger partial charge on any atom is -0.453 e. The van der Waals surface area contributed by atoms with E-state index in [-0.39, 0.29) is 5.41 Å². The topological polar surface area (TPSA) is 44.7 Å². The molecule has 0 radical (unpaired) electrons. The van der Waals surface area contributed by atoms with Crippen molar-refractivity contribution in [1.29, 1.82) is 0 Å². The van der Waals surface area contributed by atoms with E-state index in [0.29, 0.717) is 0 Å². The van der Waals surface area contributed by atoms with E-state index < -0.39 is 5.41 Å². The molecule has 0 saturated heterocycles. The van der Waals surface area contributed by atoms with Gasteiger partial charge in [-0.3, -0.25) is 9.97 Å². The Labute approximate surface area is 430 Å². The van der Waals surface area contributed by atoms with Gasteiger partial charge in [0.2, 0.25) is 0 Å². The molecule has 2 aromatic heterocycles. The molecular weight excluding hydrogens is 903 g/mol. The van der Waals surface area contributed by atoms with Gasteiger partial charge in [0.05, 0.1) is 45.5 Å². The first-order chi connectivity index (χ1) is 36.5. The second-order valence-electron chi connectivity index (χ2n) is 20.1. The molecule has 6 nitrogen and oxygen atoms in total. The Hall–Kier alpha value is -9.52. The van der Waals surface area contributed by atoms with Crippen molar-refractivity contribution in [2.45, 2.75) is 24.7 Å². The third kappa shape index (κ3) is 5.99. The van der Waals surface area contributed by atoms with Crippen LogP contribution < -0.4 is 19.4 Å². The Bertz CT molecular complexity index is 3910. The zero-order chi connectivity index (χ0) is 49.1. The molecular formula is C68H47N5O. The Kier molecular flexibility index (Phi) is 9.12. The van der Waals surface area contributed by atoms with Crippen LogP contribution in [0, 0.1) is 0 Å². The minimum atomic E-state index is -0.857. The minimum absolute atomic E-state index is 0.133. The Balaban J connectivity index is 0.906. The van der Waals surface area contributed by atoms with Gasteiger partial charge >= 0.3 is 0 Å². The molecule has 0 atom stereocenters. The molecule has 0 N–H and O–H groups in total. The smallest absolute Gasteiger partial charge is 0.151 e. The molecule has 74 heavy (non-hydrogen) atoms. The summed E-state index contributed by atoms with van der Waals surface area (Å²) in [6.45, 7) is 4.67. The maximum Gasteiger partial charge on any atom is 0.151 e. The van der Waals surface area contributed by atoms with Crippen molar-refractivity contribution < 1.29 is 4.74 Å². The summed E-state index contributed by atoms with van der Waals surface area (Å²) < 4.78 is 6.37. The molecule has 5 heterocycles. The fraction of sp³-hybridized carbons (Fsp3) is 0.0588. The quantitative estimate of drug-likeness (QED) is 0.171. The van der Waals surface area contributed by atoms with E-state index in [1.807, 2.05) is 36.7 Å². The van der Waals surface area contributed by atoms with E-state index in [9.17, 15) is 0 Å². The van der Waals surface area contributed by atoms with E-state index in [1.54, 1.807) is 0 Å². The first-order valence-electron chi connectivity index (χ1n) is 25.4. The zero-order valence-electron chi connectivity index (χ0n) is 40.8. The predicted molar refractivity (Wildman–Crippen MR) is 300 cm³/mol. The Morgan fingerprint density at radius 1 is 0.324 bits per heavy atom. The van der Waals surface area contributed by atoms with E-state index in [0.717, 1.165) is 107 Å². The summed E-state index contributed by atoms with van der Waals surface area (Å²) in [7, 11) is 0. The molecule has 11 aromatic rings. The van der Waals surface area contributed by atoms with Gasteiger partial charge in [-0.1, -0.05) is 141 Å². The highest BCUT2D eigenvalue weighted by Crippen LogP contribution is 2.63. The molecule has 15 rings (SSSR count). The van der Waals surface area contributed by atoms with Crippen LogP contribution in [0.4, 0.5) is 51.2 Å². The molecule has 0 unspecified atom stereocenters. The van der Waals surface area contributed by atoms with Crippen LogP contribution in [0.25, 0.3) is 33.4 Å². The average molecular weight is 950 g/mol. The third-order valence-corrected chi connectivity index (χ3v) is 15.9. The largest absolute Gasteiger partial charge is 0.453 e. The number of hydrogen-bond donors (Lipinski definition) is 0. The number of hydrogen-bond acceptors (Lipinski definition) is 6. The number of anilines is 9. The van der Waals surface area contributed by atoms with Crippen molar-refractivity contribution in [3.8, 4) is 44.9 Å². The van der Waals surface area contributed by atoms with Gasteiger partial charge < -0.3 is 19.4 Å². The number of para-hydroxylation sites is 7. The predicted octanol–water partition coefficient (Wildman–Crippen LogP) is 17.6. The first-order valence-corrected chi connectivity index (χ1v) is 25.4. The van der Waals surface area contributed by atoms with Crippen LogP contribution in [0.1, 0.15) is 47.5 Å². The highest BCUT2D eigenvalue weighted by atomic mass is 16.5. The Morgan fingerprint density at radius 2 is 0.703 bits per heavy atom. The van der Waals surface area contributed by atoms with Gasteiger partial charge in [-0.15, -0.1) is 0 Å². The summed E-state index contributed by atoms with van der Waals surface area (Å²) in [6.07, 6.45) is 3.89. The fourth-order valence-corrected chi connectivity index (χ4v) is 12.6. The van der Waals surface area contributed by atoms with Crippen LogP contribution in [0.5, 0.6) is 11.5 Å². The monoisotopic (exact) mass is 949 g/mol. The SMILES string of the molecule is CC1(C)c2ccccc2N(c2ccc(-c3ccc4c(c3)C3(c5cc(-c6ccc(N7c8ccccc8Oc8ccccc87)cc6)ccc5N4c4ccccc4)c4ncccc4-c4cccnc43)cc2)c2ccccc21. The van der Waals surface area contributed by atoms with Gasteiger partial charge in [0.15, 0.2) is 11.5 Å². The third-order valence-electron chi connectivity index (χ3n) is 15.9. The van der Waals surface area contributed by atoms with Crippen LogP contribution in [0.3, 0.4) is 0 Å². The summed E-state index contributed by atoms with van der Waals surface area (Å²) in [5.74, 6) is 1.66. The molecule has 9 aromatic carbocycles. The zero-order valence-corrected chi connectivity index (χ0v) is 40.8. The average Bonchev–Trinajstić information content (AvgIpc) is 3.79. The summed E-state index contributed by atoms with van der Waals surface area (Å²) in [5, 5.41) is 0. The lowest BCUT2D eigenvalue weighted by atomic mass is 9.67. The number of rotatable bonds is 5.